The maximum atomic E-state index is 5.89. The largest absolute Gasteiger partial charge is 0.438 e. The molecule has 29 heavy (non-hydrogen) atoms. The van der Waals surface area contributed by atoms with E-state index >= 15 is 0 Å². The van der Waals surface area contributed by atoms with Gasteiger partial charge in [0.05, 0.1) is 18.7 Å². The molecule has 0 aliphatic heterocycles. The van der Waals surface area contributed by atoms with Crippen molar-refractivity contribution < 1.29 is 9.26 Å². The van der Waals surface area contributed by atoms with E-state index in [9.17, 15) is 0 Å². The third-order valence-electron chi connectivity index (χ3n) is 4.44. The van der Waals surface area contributed by atoms with Crippen LogP contribution in [0.25, 0.3) is 11.4 Å². The van der Waals surface area contributed by atoms with E-state index in [1.165, 1.54) is 0 Å². The van der Waals surface area contributed by atoms with Crippen LogP contribution in [0.2, 0.25) is 0 Å². The molecule has 9 heteroatoms. The maximum absolute atomic E-state index is 5.89. The molecule has 0 N–H and O–H groups in total. The van der Waals surface area contributed by atoms with Crippen LogP contribution in [0.1, 0.15) is 17.5 Å². The number of ether oxygens (including phenoxy) is 1. The average molecular weight is 391 g/mol. The molecule has 4 rings (SSSR count). The van der Waals surface area contributed by atoms with Gasteiger partial charge in [-0.25, -0.2) is 4.98 Å². The van der Waals surface area contributed by atoms with Crippen LogP contribution in [0.15, 0.2) is 53.2 Å². The summed E-state index contributed by atoms with van der Waals surface area (Å²) in [6, 6.07) is 13.1. The molecule has 0 spiro atoms. The summed E-state index contributed by atoms with van der Waals surface area (Å²) in [5, 5.41) is 12.4. The van der Waals surface area contributed by atoms with Crippen molar-refractivity contribution in [1.82, 2.24) is 34.8 Å². The number of nitrogens with zero attached hydrogens (tertiary/aromatic N) is 7. The Morgan fingerprint density at radius 3 is 2.66 bits per heavy atom. The lowest BCUT2D eigenvalue weighted by Gasteiger charge is -2.13. The second kappa shape index (κ2) is 8.19. The highest BCUT2D eigenvalue weighted by Crippen LogP contribution is 2.29. The fraction of sp³-hybridized carbons (Fsp3) is 0.250. The van der Waals surface area contributed by atoms with Crippen LogP contribution < -0.4 is 4.74 Å². The summed E-state index contributed by atoms with van der Waals surface area (Å²) in [5.74, 6) is 3.79. The minimum atomic E-state index is 0.425. The van der Waals surface area contributed by atoms with Gasteiger partial charge in [-0.15, -0.1) is 10.2 Å². The van der Waals surface area contributed by atoms with Gasteiger partial charge in [0, 0.05) is 13.2 Å². The van der Waals surface area contributed by atoms with Crippen LogP contribution in [0.4, 0.5) is 0 Å². The SMILES string of the molecule is Cc1nnc(CN(C)Cc2nc(-c3cccnc3Oc3ccccc3)no2)n1C. The van der Waals surface area contributed by atoms with Gasteiger partial charge in [-0.05, 0) is 38.2 Å². The zero-order valence-electron chi connectivity index (χ0n) is 16.5. The number of rotatable bonds is 7. The van der Waals surface area contributed by atoms with E-state index < -0.39 is 0 Å². The van der Waals surface area contributed by atoms with E-state index in [2.05, 4.69) is 25.3 Å². The second-order valence-corrected chi connectivity index (χ2v) is 6.68. The lowest BCUT2D eigenvalue weighted by atomic mass is 10.2. The minimum absolute atomic E-state index is 0.425. The monoisotopic (exact) mass is 391 g/mol. The van der Waals surface area contributed by atoms with Gasteiger partial charge in [-0.3, -0.25) is 4.90 Å². The Bertz CT molecular complexity index is 1090. The molecule has 9 nitrogen and oxygen atoms in total. The molecule has 0 unspecified atom stereocenters. The molecule has 0 aliphatic carbocycles. The Hall–Kier alpha value is -3.59. The first-order valence-electron chi connectivity index (χ1n) is 9.14. The van der Waals surface area contributed by atoms with Crippen LogP contribution in [0.5, 0.6) is 11.6 Å². The van der Waals surface area contributed by atoms with Gasteiger partial charge in [-0.2, -0.15) is 4.98 Å². The van der Waals surface area contributed by atoms with Crippen LogP contribution in [-0.2, 0) is 20.1 Å². The smallest absolute Gasteiger partial charge is 0.241 e. The molecule has 3 heterocycles. The Kier molecular flexibility index (Phi) is 5.30. The lowest BCUT2D eigenvalue weighted by molar-refractivity contribution is 0.254. The van der Waals surface area contributed by atoms with Crippen molar-refractivity contribution in [3.63, 3.8) is 0 Å². The Morgan fingerprint density at radius 2 is 1.90 bits per heavy atom. The molecular weight excluding hydrogens is 370 g/mol. The predicted octanol–water partition coefficient (Wildman–Crippen LogP) is 2.99. The first kappa shape index (κ1) is 18.8. The number of aryl methyl sites for hydroxylation is 1. The zero-order chi connectivity index (χ0) is 20.2. The predicted molar refractivity (Wildman–Crippen MR) is 105 cm³/mol. The molecule has 0 radical (unpaired) electrons. The van der Waals surface area contributed by atoms with Gasteiger partial charge < -0.3 is 13.8 Å². The number of benzene rings is 1. The summed E-state index contributed by atoms with van der Waals surface area (Å²) < 4.78 is 13.3. The number of pyridine rings is 1. The van der Waals surface area contributed by atoms with E-state index in [1.807, 2.05) is 73.0 Å². The summed E-state index contributed by atoms with van der Waals surface area (Å²) >= 11 is 0. The highest BCUT2D eigenvalue weighted by molar-refractivity contribution is 5.61. The van der Waals surface area contributed by atoms with E-state index in [0.717, 1.165) is 11.6 Å². The van der Waals surface area contributed by atoms with E-state index in [0.29, 0.717) is 42.0 Å². The summed E-state index contributed by atoms with van der Waals surface area (Å²) in [7, 11) is 3.90. The summed E-state index contributed by atoms with van der Waals surface area (Å²) in [6.07, 6.45) is 1.67. The Balaban J connectivity index is 1.48. The van der Waals surface area contributed by atoms with Gasteiger partial charge in [-0.1, -0.05) is 23.4 Å². The molecule has 148 valence electrons. The summed E-state index contributed by atoms with van der Waals surface area (Å²) in [4.78, 5) is 10.9. The Labute approximate surface area is 168 Å². The summed E-state index contributed by atoms with van der Waals surface area (Å²) in [5.41, 5.74) is 0.665. The molecule has 0 aliphatic rings. The van der Waals surface area contributed by atoms with Crippen LogP contribution in [0, 0.1) is 6.92 Å². The van der Waals surface area contributed by atoms with Crippen molar-refractivity contribution in [1.29, 1.82) is 0 Å². The van der Waals surface area contributed by atoms with Crippen LogP contribution in [-0.4, -0.2) is 41.8 Å². The van der Waals surface area contributed by atoms with Gasteiger partial charge in [0.1, 0.15) is 17.4 Å². The van der Waals surface area contributed by atoms with Crippen molar-refractivity contribution in [3.05, 3.63) is 66.2 Å². The first-order valence-corrected chi connectivity index (χ1v) is 9.14. The second-order valence-electron chi connectivity index (χ2n) is 6.68. The molecule has 0 atom stereocenters. The van der Waals surface area contributed by atoms with Crippen LogP contribution >= 0.6 is 0 Å². The van der Waals surface area contributed by atoms with E-state index in [-0.39, 0.29) is 0 Å². The average Bonchev–Trinajstić information content (AvgIpc) is 3.31. The van der Waals surface area contributed by atoms with E-state index in [4.69, 9.17) is 9.26 Å². The number of hydrogen-bond acceptors (Lipinski definition) is 8. The molecule has 3 aromatic heterocycles. The Morgan fingerprint density at radius 1 is 1.07 bits per heavy atom. The van der Waals surface area contributed by atoms with Crippen molar-refractivity contribution >= 4 is 0 Å². The van der Waals surface area contributed by atoms with Crippen molar-refractivity contribution in [3.8, 4) is 23.0 Å². The number of para-hydroxylation sites is 1. The highest BCUT2D eigenvalue weighted by Gasteiger charge is 2.17. The fourth-order valence-corrected chi connectivity index (χ4v) is 2.79. The zero-order valence-corrected chi connectivity index (χ0v) is 16.5. The summed E-state index contributed by atoms with van der Waals surface area (Å²) in [6.45, 7) is 3.02. The van der Waals surface area contributed by atoms with Gasteiger partial charge in [0.2, 0.25) is 17.6 Å². The molecule has 0 bridgehead atoms. The minimum Gasteiger partial charge on any atom is -0.438 e. The molecule has 0 saturated heterocycles. The van der Waals surface area contributed by atoms with Gasteiger partial charge >= 0.3 is 0 Å². The third kappa shape index (κ3) is 4.30. The molecule has 1 aromatic carbocycles. The first-order chi connectivity index (χ1) is 14.1. The highest BCUT2D eigenvalue weighted by atomic mass is 16.5. The fourth-order valence-electron chi connectivity index (χ4n) is 2.79. The normalized spacial score (nSPS) is 11.2. The van der Waals surface area contributed by atoms with Gasteiger partial charge in [0.15, 0.2) is 0 Å². The molecule has 4 aromatic rings. The van der Waals surface area contributed by atoms with E-state index in [1.54, 1.807) is 6.20 Å². The molecule has 0 saturated carbocycles. The number of hydrogen-bond donors (Lipinski definition) is 0. The quantitative estimate of drug-likeness (QED) is 0.474. The number of aromatic nitrogens is 6. The maximum Gasteiger partial charge on any atom is 0.241 e. The lowest BCUT2D eigenvalue weighted by Crippen LogP contribution is -2.20. The standard InChI is InChI=1S/C20H21N7O2/c1-14-23-24-17(27(14)3)12-26(2)13-18-22-19(25-29-18)16-10-7-11-21-20(16)28-15-8-5-4-6-9-15/h4-11H,12-13H2,1-3H3. The van der Waals surface area contributed by atoms with Crippen molar-refractivity contribution in [2.45, 2.75) is 20.0 Å². The molecule has 0 amide bonds. The molecular formula is C20H21N7O2. The van der Waals surface area contributed by atoms with Crippen molar-refractivity contribution in [2.24, 2.45) is 7.05 Å². The topological polar surface area (TPSA) is 95.0 Å². The molecule has 0 fully saturated rings. The third-order valence-corrected chi connectivity index (χ3v) is 4.44. The van der Waals surface area contributed by atoms with Crippen molar-refractivity contribution in [2.75, 3.05) is 7.05 Å². The van der Waals surface area contributed by atoms with Gasteiger partial charge in [0.25, 0.3) is 0 Å². The van der Waals surface area contributed by atoms with Crippen LogP contribution in [0.3, 0.4) is 0 Å².